The maximum atomic E-state index is 5.57. The van der Waals surface area contributed by atoms with Crippen molar-refractivity contribution in [2.45, 2.75) is 37.8 Å². The van der Waals surface area contributed by atoms with E-state index in [2.05, 4.69) is 54.2 Å². The highest BCUT2D eigenvalue weighted by molar-refractivity contribution is 5.20. The lowest BCUT2D eigenvalue weighted by Gasteiger charge is -2.46. The first-order chi connectivity index (χ1) is 10.8. The molecule has 22 heavy (non-hydrogen) atoms. The second-order valence-corrected chi connectivity index (χ2v) is 6.98. The molecule has 0 amide bonds. The molecule has 3 heteroatoms. The molecule has 122 valence electrons. The third-order valence-electron chi connectivity index (χ3n) is 5.40. The number of rotatable bonds is 4. The predicted octanol–water partition coefficient (Wildman–Crippen LogP) is 3.18. The van der Waals surface area contributed by atoms with Gasteiger partial charge in [-0.1, -0.05) is 43.2 Å². The summed E-state index contributed by atoms with van der Waals surface area (Å²) in [6, 6.07) is 12.3. The average Bonchev–Trinajstić information content (AvgIpc) is 2.57. The number of ether oxygens (including phenoxy) is 1. The van der Waals surface area contributed by atoms with Crippen LogP contribution < -0.4 is 0 Å². The van der Waals surface area contributed by atoms with Gasteiger partial charge in [-0.15, -0.1) is 0 Å². The molecular weight excluding hydrogens is 272 g/mol. The highest BCUT2D eigenvalue weighted by Gasteiger charge is 2.37. The molecule has 0 N–H and O–H groups in total. The first-order valence-corrected chi connectivity index (χ1v) is 8.80. The minimum absolute atomic E-state index is 0.523. The van der Waals surface area contributed by atoms with Crippen molar-refractivity contribution in [3.05, 3.63) is 35.9 Å². The Morgan fingerprint density at radius 1 is 1.05 bits per heavy atom. The lowest BCUT2D eigenvalue weighted by atomic mass is 9.76. The summed E-state index contributed by atoms with van der Waals surface area (Å²) in [6.07, 6.45) is 5.46. The van der Waals surface area contributed by atoms with E-state index in [1.807, 2.05) is 0 Å². The molecule has 1 saturated heterocycles. The molecule has 1 aliphatic heterocycles. The fraction of sp³-hybridized carbons (Fsp3) is 0.684. The molecule has 1 saturated carbocycles. The SMILES string of the molecule is CN(C)[C@H](c1ccccc1)[C@@H]1CCCC[C@H]1N1CCOCC1. The van der Waals surface area contributed by atoms with E-state index in [1.165, 1.54) is 31.2 Å². The predicted molar refractivity (Wildman–Crippen MR) is 91.0 cm³/mol. The number of nitrogens with zero attached hydrogens (tertiary/aromatic N) is 2. The van der Waals surface area contributed by atoms with Crippen LogP contribution in [0.3, 0.4) is 0 Å². The Labute approximate surface area is 135 Å². The van der Waals surface area contributed by atoms with Gasteiger partial charge in [-0.2, -0.15) is 0 Å². The van der Waals surface area contributed by atoms with Gasteiger partial charge in [0.15, 0.2) is 0 Å². The summed E-state index contributed by atoms with van der Waals surface area (Å²) in [5.41, 5.74) is 1.47. The van der Waals surface area contributed by atoms with Gasteiger partial charge in [-0.25, -0.2) is 0 Å². The van der Waals surface area contributed by atoms with Crippen LogP contribution in [0.5, 0.6) is 0 Å². The Bertz CT molecular complexity index is 442. The zero-order chi connectivity index (χ0) is 15.4. The van der Waals surface area contributed by atoms with Crippen molar-refractivity contribution < 1.29 is 4.74 Å². The second-order valence-electron chi connectivity index (χ2n) is 6.98. The molecular formula is C19H30N2O. The van der Waals surface area contributed by atoms with Crippen LogP contribution in [0.4, 0.5) is 0 Å². The fourth-order valence-electron chi connectivity index (χ4n) is 4.45. The molecule has 3 atom stereocenters. The summed E-state index contributed by atoms with van der Waals surface area (Å²) in [7, 11) is 4.48. The van der Waals surface area contributed by atoms with Crippen molar-refractivity contribution in [3.63, 3.8) is 0 Å². The second kappa shape index (κ2) is 7.58. The smallest absolute Gasteiger partial charge is 0.0594 e. The van der Waals surface area contributed by atoms with E-state index in [1.54, 1.807) is 0 Å². The van der Waals surface area contributed by atoms with Crippen molar-refractivity contribution in [2.24, 2.45) is 5.92 Å². The molecule has 0 spiro atoms. The van der Waals surface area contributed by atoms with Gasteiger partial charge in [0.1, 0.15) is 0 Å². The monoisotopic (exact) mass is 302 g/mol. The van der Waals surface area contributed by atoms with Crippen LogP contribution in [0, 0.1) is 5.92 Å². The molecule has 0 bridgehead atoms. The van der Waals surface area contributed by atoms with Crippen LogP contribution in [-0.2, 0) is 4.74 Å². The van der Waals surface area contributed by atoms with Crippen LogP contribution in [0.2, 0.25) is 0 Å². The molecule has 3 rings (SSSR count). The molecule has 3 nitrogen and oxygen atoms in total. The molecule has 1 aliphatic carbocycles. The van der Waals surface area contributed by atoms with Gasteiger partial charge in [0.25, 0.3) is 0 Å². The summed E-state index contributed by atoms with van der Waals surface area (Å²) in [5, 5.41) is 0. The maximum Gasteiger partial charge on any atom is 0.0594 e. The minimum atomic E-state index is 0.523. The normalized spacial score (nSPS) is 28.7. The summed E-state index contributed by atoms with van der Waals surface area (Å²) >= 11 is 0. The number of morpholine rings is 1. The zero-order valence-corrected chi connectivity index (χ0v) is 14.1. The van der Waals surface area contributed by atoms with Gasteiger partial charge in [0.2, 0.25) is 0 Å². The molecule has 1 aromatic rings. The summed E-state index contributed by atoms with van der Waals surface area (Å²) in [6.45, 7) is 4.02. The first-order valence-electron chi connectivity index (χ1n) is 8.80. The van der Waals surface area contributed by atoms with Gasteiger partial charge < -0.3 is 9.64 Å². The van der Waals surface area contributed by atoms with E-state index in [0.717, 1.165) is 32.2 Å². The van der Waals surface area contributed by atoms with Crippen molar-refractivity contribution in [1.29, 1.82) is 0 Å². The quantitative estimate of drug-likeness (QED) is 0.849. The molecule has 2 aliphatic rings. The Balaban J connectivity index is 1.83. The molecule has 1 heterocycles. The molecule has 0 radical (unpaired) electrons. The largest absolute Gasteiger partial charge is 0.379 e. The lowest BCUT2D eigenvalue weighted by molar-refractivity contribution is -0.0219. The van der Waals surface area contributed by atoms with Gasteiger partial charge in [0.05, 0.1) is 13.2 Å². The third kappa shape index (κ3) is 3.53. The van der Waals surface area contributed by atoms with Gasteiger partial charge in [0, 0.05) is 25.2 Å². The third-order valence-corrected chi connectivity index (χ3v) is 5.40. The first kappa shape index (κ1) is 16.0. The van der Waals surface area contributed by atoms with Gasteiger partial charge >= 0.3 is 0 Å². The number of benzene rings is 1. The summed E-state index contributed by atoms with van der Waals surface area (Å²) < 4.78 is 5.57. The van der Waals surface area contributed by atoms with Crippen molar-refractivity contribution in [1.82, 2.24) is 9.80 Å². The number of hydrogen-bond donors (Lipinski definition) is 0. The van der Waals surface area contributed by atoms with Crippen LogP contribution in [0.15, 0.2) is 30.3 Å². The van der Waals surface area contributed by atoms with E-state index < -0.39 is 0 Å². The zero-order valence-electron chi connectivity index (χ0n) is 14.1. The molecule has 2 fully saturated rings. The molecule has 0 aromatic heterocycles. The van der Waals surface area contributed by atoms with Gasteiger partial charge in [-0.05, 0) is 38.4 Å². The average molecular weight is 302 g/mol. The van der Waals surface area contributed by atoms with Crippen LogP contribution in [0.25, 0.3) is 0 Å². The summed E-state index contributed by atoms with van der Waals surface area (Å²) in [4.78, 5) is 5.13. The maximum absolute atomic E-state index is 5.57. The Morgan fingerprint density at radius 2 is 1.73 bits per heavy atom. The van der Waals surface area contributed by atoms with Crippen molar-refractivity contribution >= 4 is 0 Å². The highest BCUT2D eigenvalue weighted by atomic mass is 16.5. The highest BCUT2D eigenvalue weighted by Crippen LogP contribution is 2.39. The van der Waals surface area contributed by atoms with Crippen LogP contribution in [0.1, 0.15) is 37.3 Å². The van der Waals surface area contributed by atoms with E-state index in [9.17, 15) is 0 Å². The number of hydrogen-bond acceptors (Lipinski definition) is 3. The van der Waals surface area contributed by atoms with E-state index >= 15 is 0 Å². The van der Waals surface area contributed by atoms with Crippen LogP contribution in [-0.4, -0.2) is 56.2 Å². The van der Waals surface area contributed by atoms with E-state index in [-0.39, 0.29) is 0 Å². The Morgan fingerprint density at radius 3 is 2.41 bits per heavy atom. The van der Waals surface area contributed by atoms with E-state index in [0.29, 0.717) is 12.1 Å². The lowest BCUT2D eigenvalue weighted by Crippen LogP contribution is -2.51. The fourth-order valence-corrected chi connectivity index (χ4v) is 4.45. The Kier molecular flexibility index (Phi) is 5.51. The molecule has 1 aromatic carbocycles. The van der Waals surface area contributed by atoms with Gasteiger partial charge in [-0.3, -0.25) is 4.90 Å². The van der Waals surface area contributed by atoms with E-state index in [4.69, 9.17) is 4.74 Å². The standard InChI is InChI=1S/C19H30N2O/c1-20(2)19(16-8-4-3-5-9-16)17-10-6-7-11-18(17)21-12-14-22-15-13-21/h3-5,8-9,17-19H,6-7,10-15H2,1-2H3/t17-,18-,19-/m1/s1. The Hall–Kier alpha value is -0.900. The minimum Gasteiger partial charge on any atom is -0.379 e. The van der Waals surface area contributed by atoms with Crippen molar-refractivity contribution in [3.8, 4) is 0 Å². The van der Waals surface area contributed by atoms with Crippen molar-refractivity contribution in [2.75, 3.05) is 40.4 Å². The molecule has 0 unspecified atom stereocenters. The summed E-state index contributed by atoms with van der Waals surface area (Å²) in [5.74, 6) is 0.726. The van der Waals surface area contributed by atoms with Crippen LogP contribution >= 0.6 is 0 Å². The topological polar surface area (TPSA) is 15.7 Å².